The minimum absolute atomic E-state index is 0.219. The van der Waals surface area contributed by atoms with E-state index >= 15 is 0 Å². The number of anilines is 1. The van der Waals surface area contributed by atoms with E-state index in [-0.39, 0.29) is 23.8 Å². The molecule has 8 heteroatoms. The third kappa shape index (κ3) is 4.75. The topological polar surface area (TPSA) is 91.8 Å². The SMILES string of the molecule is CC(C)(C)OC(=O)N1CCN(c2ccc([C@@H]3CCC(=O)NC3=O)cn2)CC1. The highest BCUT2D eigenvalue weighted by Crippen LogP contribution is 2.25. The molecule has 0 bridgehead atoms. The van der Waals surface area contributed by atoms with Crippen LogP contribution in [0.25, 0.3) is 0 Å². The second kappa shape index (κ2) is 7.54. The van der Waals surface area contributed by atoms with Gasteiger partial charge < -0.3 is 14.5 Å². The highest BCUT2D eigenvalue weighted by Gasteiger charge is 2.29. The Morgan fingerprint density at radius 2 is 1.89 bits per heavy atom. The van der Waals surface area contributed by atoms with Gasteiger partial charge in [0, 0.05) is 38.8 Å². The largest absolute Gasteiger partial charge is 0.444 e. The summed E-state index contributed by atoms with van der Waals surface area (Å²) in [5, 5.41) is 2.37. The number of hydrogen-bond donors (Lipinski definition) is 1. The summed E-state index contributed by atoms with van der Waals surface area (Å²) in [6.45, 7) is 8.06. The number of nitrogens with zero attached hydrogens (tertiary/aromatic N) is 3. The van der Waals surface area contributed by atoms with Crippen LogP contribution in [0, 0.1) is 0 Å². The van der Waals surface area contributed by atoms with Gasteiger partial charge in [-0.15, -0.1) is 0 Å². The maximum Gasteiger partial charge on any atom is 0.410 e. The van der Waals surface area contributed by atoms with Gasteiger partial charge in [-0.05, 0) is 38.8 Å². The number of carbonyl (C=O) groups is 3. The van der Waals surface area contributed by atoms with E-state index in [2.05, 4.69) is 15.2 Å². The van der Waals surface area contributed by atoms with Crippen molar-refractivity contribution in [3.05, 3.63) is 23.9 Å². The van der Waals surface area contributed by atoms with Crippen LogP contribution >= 0.6 is 0 Å². The molecule has 27 heavy (non-hydrogen) atoms. The van der Waals surface area contributed by atoms with Gasteiger partial charge in [-0.3, -0.25) is 14.9 Å². The monoisotopic (exact) mass is 374 g/mol. The van der Waals surface area contributed by atoms with Gasteiger partial charge in [0.1, 0.15) is 11.4 Å². The van der Waals surface area contributed by atoms with Gasteiger partial charge in [0.05, 0.1) is 5.92 Å². The maximum atomic E-state index is 12.1. The second-order valence-electron chi connectivity index (χ2n) is 7.91. The first kappa shape index (κ1) is 19.1. The van der Waals surface area contributed by atoms with Crippen LogP contribution in [-0.4, -0.2) is 59.6 Å². The van der Waals surface area contributed by atoms with Gasteiger partial charge in [-0.25, -0.2) is 9.78 Å². The van der Waals surface area contributed by atoms with Gasteiger partial charge in [-0.2, -0.15) is 0 Å². The molecule has 3 rings (SSSR count). The molecule has 1 aromatic heterocycles. The predicted molar refractivity (Wildman–Crippen MR) is 99.4 cm³/mol. The molecule has 0 saturated carbocycles. The molecule has 2 fully saturated rings. The molecule has 0 radical (unpaired) electrons. The van der Waals surface area contributed by atoms with Crippen molar-refractivity contribution >= 4 is 23.7 Å². The van der Waals surface area contributed by atoms with Gasteiger partial charge in [0.2, 0.25) is 11.8 Å². The van der Waals surface area contributed by atoms with Crippen LogP contribution in [0.1, 0.15) is 45.1 Å². The lowest BCUT2D eigenvalue weighted by atomic mass is 9.92. The lowest BCUT2D eigenvalue weighted by Gasteiger charge is -2.36. The average Bonchev–Trinajstić information content (AvgIpc) is 2.61. The Balaban J connectivity index is 1.57. The number of pyridine rings is 1. The lowest BCUT2D eigenvalue weighted by Crippen LogP contribution is -2.50. The molecule has 0 aliphatic carbocycles. The van der Waals surface area contributed by atoms with E-state index < -0.39 is 5.60 Å². The van der Waals surface area contributed by atoms with Crippen molar-refractivity contribution in [2.24, 2.45) is 0 Å². The van der Waals surface area contributed by atoms with Crippen molar-refractivity contribution in [1.82, 2.24) is 15.2 Å². The van der Waals surface area contributed by atoms with Crippen LogP contribution in [0.5, 0.6) is 0 Å². The Labute approximate surface area is 158 Å². The van der Waals surface area contributed by atoms with Crippen molar-refractivity contribution < 1.29 is 19.1 Å². The molecular weight excluding hydrogens is 348 g/mol. The molecule has 0 unspecified atom stereocenters. The van der Waals surface area contributed by atoms with Crippen LogP contribution in [0.15, 0.2) is 18.3 Å². The number of rotatable bonds is 2. The van der Waals surface area contributed by atoms with E-state index in [1.807, 2.05) is 32.9 Å². The van der Waals surface area contributed by atoms with Crippen LogP contribution in [0.4, 0.5) is 10.6 Å². The number of piperazine rings is 1. The smallest absolute Gasteiger partial charge is 0.410 e. The number of aromatic nitrogens is 1. The molecule has 146 valence electrons. The van der Waals surface area contributed by atoms with E-state index in [1.54, 1.807) is 11.1 Å². The highest BCUT2D eigenvalue weighted by molar-refractivity contribution is 6.00. The number of piperidine rings is 1. The van der Waals surface area contributed by atoms with E-state index in [9.17, 15) is 14.4 Å². The minimum atomic E-state index is -0.498. The molecule has 1 atom stereocenters. The third-order valence-electron chi connectivity index (χ3n) is 4.67. The molecule has 3 amide bonds. The Morgan fingerprint density at radius 3 is 2.44 bits per heavy atom. The minimum Gasteiger partial charge on any atom is -0.444 e. The molecule has 2 saturated heterocycles. The van der Waals surface area contributed by atoms with E-state index in [0.29, 0.717) is 39.0 Å². The zero-order valence-electron chi connectivity index (χ0n) is 16.0. The summed E-state index contributed by atoms with van der Waals surface area (Å²) >= 11 is 0. The van der Waals surface area contributed by atoms with E-state index in [1.165, 1.54) is 0 Å². The number of imide groups is 1. The number of amides is 3. The number of carbonyl (C=O) groups excluding carboxylic acids is 3. The second-order valence-corrected chi connectivity index (χ2v) is 7.91. The molecule has 1 N–H and O–H groups in total. The molecule has 1 aromatic rings. The van der Waals surface area contributed by atoms with Crippen molar-refractivity contribution in [2.45, 2.75) is 45.1 Å². The zero-order valence-corrected chi connectivity index (χ0v) is 16.0. The first-order valence-corrected chi connectivity index (χ1v) is 9.25. The Bertz CT molecular complexity index is 718. The molecule has 8 nitrogen and oxygen atoms in total. The third-order valence-corrected chi connectivity index (χ3v) is 4.67. The Morgan fingerprint density at radius 1 is 1.19 bits per heavy atom. The maximum absolute atomic E-state index is 12.1. The summed E-state index contributed by atoms with van der Waals surface area (Å²) < 4.78 is 5.41. The summed E-state index contributed by atoms with van der Waals surface area (Å²) in [6.07, 6.45) is 2.28. The fourth-order valence-electron chi connectivity index (χ4n) is 3.25. The first-order chi connectivity index (χ1) is 12.7. The summed E-state index contributed by atoms with van der Waals surface area (Å²) in [5.74, 6) is 0.0126. The van der Waals surface area contributed by atoms with Gasteiger partial charge in [-0.1, -0.05) is 6.07 Å². The fraction of sp³-hybridized carbons (Fsp3) is 0.579. The summed E-state index contributed by atoms with van der Waals surface area (Å²) in [6, 6.07) is 3.78. The van der Waals surface area contributed by atoms with Gasteiger partial charge >= 0.3 is 6.09 Å². The van der Waals surface area contributed by atoms with Crippen LogP contribution in [0.2, 0.25) is 0 Å². The van der Waals surface area contributed by atoms with E-state index in [4.69, 9.17) is 4.74 Å². The van der Waals surface area contributed by atoms with Crippen molar-refractivity contribution in [2.75, 3.05) is 31.1 Å². The molecule has 2 aliphatic heterocycles. The molecule has 0 aromatic carbocycles. The molecular formula is C19H26N4O4. The van der Waals surface area contributed by atoms with Crippen molar-refractivity contribution in [3.8, 4) is 0 Å². The fourth-order valence-corrected chi connectivity index (χ4v) is 3.25. The van der Waals surface area contributed by atoms with Gasteiger partial charge in [0.15, 0.2) is 0 Å². The predicted octanol–water partition coefficient (Wildman–Crippen LogP) is 1.66. The van der Waals surface area contributed by atoms with Crippen LogP contribution < -0.4 is 10.2 Å². The normalized spacial score (nSPS) is 21.1. The van der Waals surface area contributed by atoms with Crippen LogP contribution in [0.3, 0.4) is 0 Å². The zero-order chi connectivity index (χ0) is 19.6. The lowest BCUT2D eigenvalue weighted by molar-refractivity contribution is -0.134. The highest BCUT2D eigenvalue weighted by atomic mass is 16.6. The summed E-state index contributed by atoms with van der Waals surface area (Å²) in [7, 11) is 0. The average molecular weight is 374 g/mol. The van der Waals surface area contributed by atoms with E-state index in [0.717, 1.165) is 11.4 Å². The number of hydrogen-bond acceptors (Lipinski definition) is 6. The van der Waals surface area contributed by atoms with Crippen LogP contribution in [-0.2, 0) is 14.3 Å². The van der Waals surface area contributed by atoms with Gasteiger partial charge in [0.25, 0.3) is 0 Å². The first-order valence-electron chi connectivity index (χ1n) is 9.25. The standard InChI is InChI=1S/C19H26N4O4/c1-19(2,3)27-18(26)23-10-8-22(9-11-23)15-6-4-13(12-20-15)14-5-7-16(24)21-17(14)25/h4,6,12,14H,5,7-11H2,1-3H3,(H,21,24,25)/t14-/m0/s1. The Kier molecular flexibility index (Phi) is 5.34. The molecule has 3 heterocycles. The molecule has 0 spiro atoms. The number of nitrogens with one attached hydrogen (secondary N) is 1. The Hall–Kier alpha value is -2.64. The summed E-state index contributed by atoms with van der Waals surface area (Å²) in [4.78, 5) is 43.7. The van der Waals surface area contributed by atoms with Crippen molar-refractivity contribution in [1.29, 1.82) is 0 Å². The van der Waals surface area contributed by atoms with Crippen molar-refractivity contribution in [3.63, 3.8) is 0 Å². The summed E-state index contributed by atoms with van der Waals surface area (Å²) in [5.41, 5.74) is 0.317. The number of ether oxygens (including phenoxy) is 1. The molecule has 2 aliphatic rings. The quantitative estimate of drug-likeness (QED) is 0.792.